The molecule has 29 heavy (non-hydrogen) atoms. The highest BCUT2D eigenvalue weighted by Gasteiger charge is 2.18. The summed E-state index contributed by atoms with van der Waals surface area (Å²) in [4.78, 5) is 17.2. The SMILES string of the molecule is CCC(NC(=O)c1ccc(NS(=O)(=O)c2ccc(Br)cc2)cc1)c1nc(C)cs1. The number of nitrogens with zero attached hydrogens (tertiary/aromatic N) is 1. The first-order valence-electron chi connectivity index (χ1n) is 8.90. The van der Waals surface area contributed by atoms with Gasteiger partial charge in [-0.05, 0) is 61.9 Å². The van der Waals surface area contributed by atoms with Crippen molar-refractivity contribution >= 4 is 48.9 Å². The molecule has 6 nitrogen and oxygen atoms in total. The normalized spacial score (nSPS) is 12.4. The second-order valence-corrected chi connectivity index (χ2v) is 9.89. The maximum atomic E-state index is 12.6. The fraction of sp³-hybridized carbons (Fsp3) is 0.200. The monoisotopic (exact) mass is 493 g/mol. The highest BCUT2D eigenvalue weighted by molar-refractivity contribution is 9.10. The molecule has 0 fully saturated rings. The van der Waals surface area contributed by atoms with Crippen molar-refractivity contribution in [2.45, 2.75) is 31.2 Å². The highest BCUT2D eigenvalue weighted by Crippen LogP contribution is 2.22. The molecule has 2 N–H and O–H groups in total. The van der Waals surface area contributed by atoms with Crippen molar-refractivity contribution in [2.75, 3.05) is 4.72 Å². The van der Waals surface area contributed by atoms with Crippen LogP contribution in [0.4, 0.5) is 5.69 Å². The molecule has 0 saturated carbocycles. The Labute approximate surface area is 182 Å². The number of anilines is 1. The number of hydrogen-bond donors (Lipinski definition) is 2. The summed E-state index contributed by atoms with van der Waals surface area (Å²) in [6.45, 7) is 3.91. The van der Waals surface area contributed by atoms with E-state index in [9.17, 15) is 13.2 Å². The Bertz CT molecular complexity index is 1090. The topological polar surface area (TPSA) is 88.2 Å². The number of hydrogen-bond acceptors (Lipinski definition) is 5. The van der Waals surface area contributed by atoms with Crippen LogP contribution in [0.3, 0.4) is 0 Å². The van der Waals surface area contributed by atoms with E-state index in [1.165, 1.54) is 23.5 Å². The molecule has 2 aromatic carbocycles. The van der Waals surface area contributed by atoms with Crippen LogP contribution in [-0.4, -0.2) is 19.3 Å². The van der Waals surface area contributed by atoms with Crippen molar-refractivity contribution in [3.8, 4) is 0 Å². The maximum Gasteiger partial charge on any atom is 0.261 e. The van der Waals surface area contributed by atoms with Crippen LogP contribution in [0.1, 0.15) is 40.4 Å². The number of nitrogens with one attached hydrogen (secondary N) is 2. The number of sulfonamides is 1. The lowest BCUT2D eigenvalue weighted by atomic mass is 10.1. The van der Waals surface area contributed by atoms with Crippen LogP contribution < -0.4 is 10.0 Å². The Morgan fingerprint density at radius 3 is 2.34 bits per heavy atom. The van der Waals surface area contributed by atoms with Crippen LogP contribution in [0.5, 0.6) is 0 Å². The lowest BCUT2D eigenvalue weighted by Gasteiger charge is -2.15. The molecule has 9 heteroatoms. The van der Waals surface area contributed by atoms with Crippen LogP contribution in [0, 0.1) is 6.92 Å². The molecule has 0 aliphatic carbocycles. The molecule has 0 aliphatic heterocycles. The van der Waals surface area contributed by atoms with E-state index in [0.717, 1.165) is 21.6 Å². The first-order chi connectivity index (χ1) is 13.8. The van der Waals surface area contributed by atoms with Crippen molar-refractivity contribution in [2.24, 2.45) is 0 Å². The van der Waals surface area contributed by atoms with Gasteiger partial charge in [0, 0.05) is 26.8 Å². The number of amides is 1. The summed E-state index contributed by atoms with van der Waals surface area (Å²) < 4.78 is 28.2. The zero-order chi connectivity index (χ0) is 21.0. The van der Waals surface area contributed by atoms with Gasteiger partial charge in [-0.25, -0.2) is 13.4 Å². The molecule has 0 aliphatic rings. The fourth-order valence-corrected chi connectivity index (χ4v) is 4.88. The Morgan fingerprint density at radius 1 is 1.14 bits per heavy atom. The first kappa shape index (κ1) is 21.5. The smallest absolute Gasteiger partial charge is 0.261 e. The molecular formula is C20H20BrN3O3S2. The van der Waals surface area contributed by atoms with Crippen molar-refractivity contribution in [3.05, 3.63) is 74.6 Å². The third-order valence-electron chi connectivity index (χ3n) is 4.17. The molecule has 3 rings (SSSR count). The molecule has 152 valence electrons. The molecule has 0 bridgehead atoms. The molecule has 1 aromatic heterocycles. The highest BCUT2D eigenvalue weighted by atomic mass is 79.9. The molecule has 1 amide bonds. The average Bonchev–Trinajstić information content (AvgIpc) is 3.12. The van der Waals surface area contributed by atoms with Crippen molar-refractivity contribution in [1.82, 2.24) is 10.3 Å². The molecule has 1 heterocycles. The summed E-state index contributed by atoms with van der Waals surface area (Å²) in [5.74, 6) is -0.230. The third kappa shape index (κ3) is 5.43. The largest absolute Gasteiger partial charge is 0.343 e. The zero-order valence-electron chi connectivity index (χ0n) is 15.8. The number of rotatable bonds is 7. The number of thiazole rings is 1. The van der Waals surface area contributed by atoms with Gasteiger partial charge in [0.05, 0.1) is 10.9 Å². The number of aromatic nitrogens is 1. The number of carbonyl (C=O) groups excluding carboxylic acids is 1. The Balaban J connectivity index is 1.69. The quantitative estimate of drug-likeness (QED) is 0.489. The van der Waals surface area contributed by atoms with Gasteiger partial charge in [-0.3, -0.25) is 9.52 Å². The minimum absolute atomic E-state index is 0.156. The Kier molecular flexibility index (Phi) is 6.71. The van der Waals surface area contributed by atoms with E-state index in [0.29, 0.717) is 11.3 Å². The number of carbonyl (C=O) groups is 1. The molecule has 0 spiro atoms. The van der Waals surface area contributed by atoms with Crippen LogP contribution in [-0.2, 0) is 10.0 Å². The summed E-state index contributed by atoms with van der Waals surface area (Å²) in [5, 5.41) is 5.80. The minimum Gasteiger partial charge on any atom is -0.343 e. The second-order valence-electron chi connectivity index (χ2n) is 6.40. The predicted octanol–water partition coefficient (Wildman–Crippen LogP) is 4.90. The third-order valence-corrected chi connectivity index (χ3v) is 7.17. The van der Waals surface area contributed by atoms with Crippen molar-refractivity contribution in [3.63, 3.8) is 0 Å². The zero-order valence-corrected chi connectivity index (χ0v) is 19.1. The van der Waals surface area contributed by atoms with Gasteiger partial charge in [0.25, 0.3) is 15.9 Å². The summed E-state index contributed by atoms with van der Waals surface area (Å²) >= 11 is 4.80. The van der Waals surface area contributed by atoms with E-state index in [4.69, 9.17) is 0 Å². The molecular weight excluding hydrogens is 474 g/mol. The lowest BCUT2D eigenvalue weighted by Crippen LogP contribution is -2.28. The van der Waals surface area contributed by atoms with Gasteiger partial charge in [0.2, 0.25) is 0 Å². The molecule has 1 unspecified atom stereocenters. The van der Waals surface area contributed by atoms with Gasteiger partial charge >= 0.3 is 0 Å². The molecule has 0 radical (unpaired) electrons. The first-order valence-corrected chi connectivity index (χ1v) is 12.1. The number of aryl methyl sites for hydroxylation is 1. The predicted molar refractivity (Wildman–Crippen MR) is 119 cm³/mol. The van der Waals surface area contributed by atoms with Gasteiger partial charge in [0.15, 0.2) is 0 Å². The van der Waals surface area contributed by atoms with Crippen molar-refractivity contribution in [1.29, 1.82) is 0 Å². The van der Waals surface area contributed by atoms with Gasteiger partial charge in [-0.15, -0.1) is 11.3 Å². The van der Waals surface area contributed by atoms with E-state index in [-0.39, 0.29) is 16.8 Å². The average molecular weight is 494 g/mol. The van der Waals surface area contributed by atoms with Crippen molar-refractivity contribution < 1.29 is 13.2 Å². The maximum absolute atomic E-state index is 12.6. The summed E-state index contributed by atoms with van der Waals surface area (Å²) in [6.07, 6.45) is 0.726. The van der Waals surface area contributed by atoms with Crippen LogP contribution >= 0.6 is 27.3 Å². The van der Waals surface area contributed by atoms with E-state index in [1.54, 1.807) is 36.4 Å². The summed E-state index contributed by atoms with van der Waals surface area (Å²) in [7, 11) is -3.70. The minimum atomic E-state index is -3.70. The van der Waals surface area contributed by atoms with Crippen LogP contribution in [0.2, 0.25) is 0 Å². The van der Waals surface area contributed by atoms with Crippen LogP contribution in [0.25, 0.3) is 0 Å². The van der Waals surface area contributed by atoms with Gasteiger partial charge < -0.3 is 5.32 Å². The van der Waals surface area contributed by atoms with Crippen LogP contribution in [0.15, 0.2) is 63.3 Å². The van der Waals surface area contributed by atoms with Gasteiger partial charge in [-0.1, -0.05) is 22.9 Å². The Hall–Kier alpha value is -2.23. The molecule has 0 saturated heterocycles. The number of benzene rings is 2. The van der Waals surface area contributed by atoms with E-state index >= 15 is 0 Å². The van der Waals surface area contributed by atoms with E-state index in [2.05, 4.69) is 31.0 Å². The standard InChI is InChI=1S/C20H20BrN3O3S2/c1-3-18(20-22-13(2)12-28-20)23-19(25)14-4-8-16(9-5-14)24-29(26,27)17-10-6-15(21)7-11-17/h4-12,18,24H,3H2,1-2H3,(H,23,25). The summed E-state index contributed by atoms with van der Waals surface area (Å²) in [5.41, 5.74) is 1.76. The lowest BCUT2D eigenvalue weighted by molar-refractivity contribution is 0.0935. The van der Waals surface area contributed by atoms with E-state index in [1.807, 2.05) is 19.2 Å². The molecule has 1 atom stereocenters. The van der Waals surface area contributed by atoms with Gasteiger partial charge in [0.1, 0.15) is 5.01 Å². The Morgan fingerprint density at radius 2 is 1.79 bits per heavy atom. The van der Waals surface area contributed by atoms with Gasteiger partial charge in [-0.2, -0.15) is 0 Å². The number of halogens is 1. The van der Waals surface area contributed by atoms with E-state index < -0.39 is 10.0 Å². The second kappa shape index (κ2) is 9.06. The fourth-order valence-electron chi connectivity index (χ4n) is 2.63. The molecule has 3 aromatic rings. The summed E-state index contributed by atoms with van der Waals surface area (Å²) in [6, 6.07) is 12.5.